The average molecular weight is 638 g/mol. The molecule has 0 saturated carbocycles. The lowest BCUT2D eigenvalue weighted by molar-refractivity contribution is -0.141. The molecule has 3 aromatic rings. The molecule has 5 rings (SSSR count). The number of H-pyrrole nitrogens is 2. The van der Waals surface area contributed by atoms with Crippen LogP contribution in [0.2, 0.25) is 0 Å². The van der Waals surface area contributed by atoms with E-state index in [0.29, 0.717) is 28.8 Å². The van der Waals surface area contributed by atoms with Crippen LogP contribution < -0.4 is 5.32 Å². The predicted molar refractivity (Wildman–Crippen MR) is 184 cm³/mol. The van der Waals surface area contributed by atoms with Gasteiger partial charge in [-0.1, -0.05) is 26.5 Å². The largest absolute Gasteiger partial charge is 0.469 e. The number of ether oxygens (including phenoxy) is 2. The molecule has 1 amide bonds. The Morgan fingerprint density at radius 2 is 1.64 bits per heavy atom. The third-order valence-corrected chi connectivity index (χ3v) is 9.63. The Kier molecular flexibility index (Phi) is 9.51. The van der Waals surface area contributed by atoms with E-state index in [9.17, 15) is 14.4 Å². The summed E-state index contributed by atoms with van der Waals surface area (Å²) in [5, 5.41) is 2.78. The smallest absolute Gasteiger partial charge is 0.310 e. The summed E-state index contributed by atoms with van der Waals surface area (Å²) in [6.07, 6.45) is 3.07. The molecule has 0 aliphatic carbocycles. The van der Waals surface area contributed by atoms with Crippen LogP contribution in [-0.2, 0) is 31.9 Å². The van der Waals surface area contributed by atoms with Crippen LogP contribution in [0, 0.1) is 13.8 Å². The van der Waals surface area contributed by atoms with Crippen molar-refractivity contribution in [1.82, 2.24) is 25.3 Å². The lowest BCUT2D eigenvalue weighted by Crippen LogP contribution is -2.19. The van der Waals surface area contributed by atoms with E-state index < -0.39 is 5.97 Å². The van der Waals surface area contributed by atoms with E-state index >= 15 is 0 Å². The molecule has 10 nitrogen and oxygen atoms in total. The first-order valence-electron chi connectivity index (χ1n) is 15.9. The molecular weight excluding hydrogens is 594 g/mol. The fourth-order valence-corrected chi connectivity index (χ4v) is 6.84. The zero-order valence-corrected chi connectivity index (χ0v) is 28.4. The van der Waals surface area contributed by atoms with Crippen LogP contribution >= 0.6 is 0 Å². The highest BCUT2D eigenvalue weighted by molar-refractivity contribution is 6.06. The Balaban J connectivity index is 2.03. The average Bonchev–Trinajstić information content (AvgIpc) is 3.74. The van der Waals surface area contributed by atoms with Gasteiger partial charge in [0.25, 0.3) is 5.91 Å². The molecule has 5 heterocycles. The second kappa shape index (κ2) is 13.4. The standard InChI is InChI=1S/C37H43N5O5/c1-10-22-18(3)26-15-28-20(5)24(12-13-32(43)46-8)35(41-28)25(14-33(44)47-9)36-34(37(45)38-7)21(6)29(42-36)17-31-23(11-2)19(4)27(40-31)16-30(22)39-26/h10,15-17,20,24,40,42H,1,11-14H2,2-9H3,(H,38,45). The summed E-state index contributed by atoms with van der Waals surface area (Å²) < 4.78 is 10.1. The Morgan fingerprint density at radius 1 is 0.936 bits per heavy atom. The van der Waals surface area contributed by atoms with E-state index in [-0.39, 0.29) is 36.6 Å². The maximum absolute atomic E-state index is 13.5. The van der Waals surface area contributed by atoms with Crippen LogP contribution in [0.25, 0.3) is 33.2 Å². The van der Waals surface area contributed by atoms with Crippen molar-refractivity contribution >= 4 is 51.1 Å². The molecule has 47 heavy (non-hydrogen) atoms. The highest BCUT2D eigenvalue weighted by Gasteiger charge is 2.34. The molecule has 2 aliphatic rings. The highest BCUT2D eigenvalue weighted by atomic mass is 16.5. The van der Waals surface area contributed by atoms with Crippen LogP contribution in [-0.4, -0.2) is 59.0 Å². The zero-order chi connectivity index (χ0) is 34.2. The molecule has 0 fully saturated rings. The van der Waals surface area contributed by atoms with Crippen LogP contribution in [0.3, 0.4) is 0 Å². The normalized spacial score (nSPS) is 15.8. The van der Waals surface area contributed by atoms with Crippen LogP contribution in [0.4, 0.5) is 0 Å². The first-order valence-corrected chi connectivity index (χ1v) is 15.9. The molecule has 10 heteroatoms. The summed E-state index contributed by atoms with van der Waals surface area (Å²) in [5.41, 5.74) is 11.9. The Labute approximate surface area is 274 Å². The van der Waals surface area contributed by atoms with E-state index in [4.69, 9.17) is 19.4 Å². The van der Waals surface area contributed by atoms with E-state index in [1.54, 1.807) is 7.05 Å². The number of nitrogens with zero attached hydrogens (tertiary/aromatic N) is 2. The van der Waals surface area contributed by atoms with Crippen molar-refractivity contribution in [2.24, 2.45) is 0 Å². The Hall–Kier alpha value is -4.99. The molecule has 2 atom stereocenters. The van der Waals surface area contributed by atoms with E-state index in [1.165, 1.54) is 14.2 Å². The van der Waals surface area contributed by atoms with Gasteiger partial charge in [0.05, 0.1) is 48.8 Å². The highest BCUT2D eigenvalue weighted by Crippen LogP contribution is 2.43. The number of rotatable bonds is 8. The summed E-state index contributed by atoms with van der Waals surface area (Å²) in [5.74, 6) is -1.51. The van der Waals surface area contributed by atoms with Crippen molar-refractivity contribution in [1.29, 1.82) is 0 Å². The van der Waals surface area contributed by atoms with Gasteiger partial charge in [0.1, 0.15) is 0 Å². The Morgan fingerprint density at radius 3 is 2.28 bits per heavy atom. The van der Waals surface area contributed by atoms with Gasteiger partial charge in [-0.05, 0) is 74.1 Å². The number of carbonyl (C=O) groups excluding carboxylic acids is 3. The molecule has 246 valence electrons. The third-order valence-electron chi connectivity index (χ3n) is 9.63. The number of aromatic nitrogens is 4. The van der Waals surface area contributed by atoms with Gasteiger partial charge in [-0.25, -0.2) is 4.98 Å². The van der Waals surface area contributed by atoms with Gasteiger partial charge in [0.15, 0.2) is 0 Å². The topological polar surface area (TPSA) is 139 Å². The van der Waals surface area contributed by atoms with Gasteiger partial charge in [-0.15, -0.1) is 0 Å². The first-order chi connectivity index (χ1) is 22.5. The van der Waals surface area contributed by atoms with Gasteiger partial charge in [-0.3, -0.25) is 19.4 Å². The molecule has 8 bridgehead atoms. The van der Waals surface area contributed by atoms with Crippen LogP contribution in [0.1, 0.15) is 101 Å². The number of fused-ring (bicyclic) bond motifs is 8. The lowest BCUT2D eigenvalue weighted by Gasteiger charge is -2.18. The molecule has 3 N–H and O–H groups in total. The number of amides is 1. The molecule has 3 aromatic heterocycles. The fourth-order valence-electron chi connectivity index (χ4n) is 6.84. The number of methoxy groups -OCH3 is 2. The van der Waals surface area contributed by atoms with E-state index in [0.717, 1.165) is 67.9 Å². The monoisotopic (exact) mass is 637 g/mol. The van der Waals surface area contributed by atoms with Crippen molar-refractivity contribution in [3.05, 3.63) is 81.4 Å². The fraction of sp³-hybridized carbons (Fsp3) is 0.378. The SMILES string of the molecule is C=CC1=C(C)c2cc3nc(c(CC(=O)OC)c4[nH]c(cc5[nH]c(cc1n2)c(C)c5CC)c(C)c4C(=O)NC)C(CCC(=O)OC)C3C. The minimum atomic E-state index is -0.475. The van der Waals surface area contributed by atoms with Crippen molar-refractivity contribution in [2.75, 3.05) is 21.3 Å². The van der Waals surface area contributed by atoms with Gasteiger partial charge >= 0.3 is 11.9 Å². The second-order valence-electron chi connectivity index (χ2n) is 12.1. The number of esters is 2. The van der Waals surface area contributed by atoms with Gasteiger partial charge < -0.3 is 24.8 Å². The number of nitrogens with one attached hydrogen (secondary N) is 3. The summed E-state index contributed by atoms with van der Waals surface area (Å²) in [4.78, 5) is 56.3. The van der Waals surface area contributed by atoms with Crippen molar-refractivity contribution in [2.45, 2.75) is 72.1 Å². The quantitative estimate of drug-likeness (QED) is 0.239. The summed E-state index contributed by atoms with van der Waals surface area (Å²) in [7, 11) is 4.29. The van der Waals surface area contributed by atoms with Gasteiger partial charge in [0, 0.05) is 58.7 Å². The zero-order valence-electron chi connectivity index (χ0n) is 28.4. The molecule has 0 spiro atoms. The number of aryl methyl sites for hydroxylation is 3. The van der Waals surface area contributed by atoms with Gasteiger partial charge in [-0.2, -0.15) is 0 Å². The molecule has 0 saturated heterocycles. The lowest BCUT2D eigenvalue weighted by atomic mass is 9.85. The molecule has 2 unspecified atom stereocenters. The minimum Gasteiger partial charge on any atom is -0.469 e. The van der Waals surface area contributed by atoms with E-state index in [2.05, 4.69) is 48.7 Å². The number of hydrogen-bond donors (Lipinski definition) is 3. The van der Waals surface area contributed by atoms with Gasteiger partial charge in [0.2, 0.25) is 0 Å². The predicted octanol–water partition coefficient (Wildman–Crippen LogP) is 6.53. The molecule has 0 aromatic carbocycles. The second-order valence-corrected chi connectivity index (χ2v) is 12.1. The number of allylic oxidation sites excluding steroid dienone is 3. The van der Waals surface area contributed by atoms with Crippen molar-refractivity contribution in [3.63, 3.8) is 0 Å². The summed E-state index contributed by atoms with van der Waals surface area (Å²) >= 11 is 0. The molecular formula is C37H43N5O5. The Bertz CT molecular complexity index is 2000. The van der Waals surface area contributed by atoms with E-state index in [1.807, 2.05) is 32.1 Å². The molecule has 2 aliphatic heterocycles. The number of aromatic amines is 2. The third kappa shape index (κ3) is 6.00. The van der Waals surface area contributed by atoms with Crippen molar-refractivity contribution in [3.8, 4) is 0 Å². The number of hydrogen-bond acceptors (Lipinski definition) is 7. The summed E-state index contributed by atoms with van der Waals surface area (Å²) in [6, 6.07) is 6.05. The van der Waals surface area contributed by atoms with Crippen molar-refractivity contribution < 1.29 is 23.9 Å². The molecule has 0 radical (unpaired) electrons. The summed E-state index contributed by atoms with van der Waals surface area (Å²) in [6.45, 7) is 14.3. The maximum Gasteiger partial charge on any atom is 0.310 e. The first kappa shape index (κ1) is 33.4. The number of carbonyl (C=O) groups is 3. The van der Waals surface area contributed by atoms with Crippen LogP contribution in [0.15, 0.2) is 30.9 Å². The maximum atomic E-state index is 13.5. The minimum absolute atomic E-state index is 0.132. The van der Waals surface area contributed by atoms with Crippen LogP contribution in [0.5, 0.6) is 0 Å².